The molecule has 0 radical (unpaired) electrons. The van der Waals surface area contributed by atoms with E-state index in [0.29, 0.717) is 25.5 Å². The van der Waals surface area contributed by atoms with Gasteiger partial charge >= 0.3 is 0 Å². The number of amides is 1. The Morgan fingerprint density at radius 2 is 1.76 bits per heavy atom. The highest BCUT2D eigenvalue weighted by atomic mass is 16.5. The van der Waals surface area contributed by atoms with Gasteiger partial charge in [0.25, 0.3) is 5.91 Å². The second-order valence-electron chi connectivity index (χ2n) is 9.35. The van der Waals surface area contributed by atoms with Crippen LogP contribution in [0.3, 0.4) is 0 Å². The monoisotopic (exact) mass is 492 g/mol. The van der Waals surface area contributed by atoms with Crippen molar-refractivity contribution in [3.63, 3.8) is 0 Å². The highest BCUT2D eigenvalue weighted by molar-refractivity contribution is 5.95. The minimum absolute atomic E-state index is 0.0727. The number of hydrogen-bond donors (Lipinski definition) is 0. The van der Waals surface area contributed by atoms with Gasteiger partial charge in [0.05, 0.1) is 12.6 Å². The first-order chi connectivity index (χ1) is 18.1. The molecule has 0 bridgehead atoms. The van der Waals surface area contributed by atoms with Crippen molar-refractivity contribution in [2.45, 2.75) is 13.3 Å². The van der Waals surface area contributed by atoms with Crippen molar-refractivity contribution in [3.05, 3.63) is 83.9 Å². The van der Waals surface area contributed by atoms with Crippen molar-refractivity contribution >= 4 is 28.4 Å². The van der Waals surface area contributed by atoms with Gasteiger partial charge in [0.15, 0.2) is 11.5 Å². The number of benzene rings is 3. The van der Waals surface area contributed by atoms with Crippen LogP contribution < -0.4 is 9.64 Å². The lowest BCUT2D eigenvalue weighted by Crippen LogP contribution is -2.36. The van der Waals surface area contributed by atoms with Crippen LogP contribution >= 0.6 is 0 Å². The summed E-state index contributed by atoms with van der Waals surface area (Å²) in [6.45, 7) is 4.75. The van der Waals surface area contributed by atoms with Gasteiger partial charge in [-0.3, -0.25) is 4.79 Å². The van der Waals surface area contributed by atoms with Crippen LogP contribution in [0.1, 0.15) is 22.3 Å². The van der Waals surface area contributed by atoms with Gasteiger partial charge in [0.2, 0.25) is 5.95 Å². The van der Waals surface area contributed by atoms with Crippen LogP contribution in [0.2, 0.25) is 0 Å². The van der Waals surface area contributed by atoms with Crippen molar-refractivity contribution in [3.8, 4) is 17.1 Å². The fourth-order valence-corrected chi connectivity index (χ4v) is 5.01. The number of ether oxygens (including phenoxy) is 1. The standard InChI is InChI=1S/C29H28N6O2/c1-20-8-5-10-22(18-20)28(36)33-14-7-15-34(17-16-33)29-30-25-13-4-3-12-24(25)27-32-31-26(35(27)29)21-9-6-11-23(19-21)37-2/h3-6,8-13,18-19H,7,14-17H2,1-2H3. The third kappa shape index (κ3) is 4.24. The lowest BCUT2D eigenvalue weighted by atomic mass is 10.1. The molecule has 1 aliphatic rings. The molecule has 3 aromatic carbocycles. The van der Waals surface area contributed by atoms with Crippen molar-refractivity contribution in [2.75, 3.05) is 38.2 Å². The molecule has 1 fully saturated rings. The summed E-state index contributed by atoms with van der Waals surface area (Å²) < 4.78 is 7.49. The quantitative estimate of drug-likeness (QED) is 0.365. The van der Waals surface area contributed by atoms with E-state index in [2.05, 4.69) is 15.1 Å². The van der Waals surface area contributed by atoms with Crippen LogP contribution in [0.15, 0.2) is 72.8 Å². The molecule has 186 valence electrons. The molecular formula is C29H28N6O2. The lowest BCUT2D eigenvalue weighted by molar-refractivity contribution is 0.0767. The van der Waals surface area contributed by atoms with Gasteiger partial charge < -0.3 is 14.5 Å². The first kappa shape index (κ1) is 23.0. The first-order valence-electron chi connectivity index (χ1n) is 12.5. The molecule has 0 atom stereocenters. The predicted molar refractivity (Wildman–Crippen MR) is 144 cm³/mol. The average molecular weight is 493 g/mol. The molecule has 8 heteroatoms. The minimum atomic E-state index is 0.0727. The molecular weight excluding hydrogens is 464 g/mol. The van der Waals surface area contributed by atoms with Crippen molar-refractivity contribution in [1.82, 2.24) is 24.5 Å². The van der Waals surface area contributed by atoms with Crippen molar-refractivity contribution < 1.29 is 9.53 Å². The van der Waals surface area contributed by atoms with E-state index in [-0.39, 0.29) is 5.91 Å². The Morgan fingerprint density at radius 3 is 2.62 bits per heavy atom. The van der Waals surface area contributed by atoms with Crippen LogP contribution in [-0.2, 0) is 0 Å². The smallest absolute Gasteiger partial charge is 0.253 e. The Balaban J connectivity index is 1.41. The minimum Gasteiger partial charge on any atom is -0.497 e. The number of carbonyl (C=O) groups excluding carboxylic acids is 1. The number of methoxy groups -OCH3 is 1. The fraction of sp³-hybridized carbons (Fsp3) is 0.241. The van der Waals surface area contributed by atoms with Gasteiger partial charge in [-0.1, -0.05) is 42.0 Å². The van der Waals surface area contributed by atoms with Crippen LogP contribution in [0.25, 0.3) is 27.9 Å². The summed E-state index contributed by atoms with van der Waals surface area (Å²) in [6.07, 6.45) is 0.837. The number of anilines is 1. The largest absolute Gasteiger partial charge is 0.497 e. The zero-order valence-electron chi connectivity index (χ0n) is 21.0. The molecule has 1 saturated heterocycles. The molecule has 0 saturated carbocycles. The number of aryl methyl sites for hydroxylation is 1. The van der Waals surface area contributed by atoms with Crippen LogP contribution in [-0.4, -0.2) is 63.7 Å². The fourth-order valence-electron chi connectivity index (χ4n) is 5.01. The van der Waals surface area contributed by atoms with Gasteiger partial charge in [-0.25, -0.2) is 9.38 Å². The Hall–Kier alpha value is -4.46. The molecule has 1 aliphatic heterocycles. The van der Waals surface area contributed by atoms with E-state index >= 15 is 0 Å². The van der Waals surface area contributed by atoms with Gasteiger partial charge in [-0.15, -0.1) is 10.2 Å². The molecule has 0 aliphatic carbocycles. The highest BCUT2D eigenvalue weighted by Gasteiger charge is 2.25. The number of carbonyl (C=O) groups is 1. The summed E-state index contributed by atoms with van der Waals surface area (Å²) in [5, 5.41) is 10.1. The Morgan fingerprint density at radius 1 is 0.892 bits per heavy atom. The molecule has 37 heavy (non-hydrogen) atoms. The Labute approximate surface area is 215 Å². The number of rotatable bonds is 4. The topological polar surface area (TPSA) is 75.9 Å². The molecule has 2 aromatic heterocycles. The third-order valence-electron chi connectivity index (χ3n) is 6.89. The third-order valence-corrected chi connectivity index (χ3v) is 6.89. The summed E-state index contributed by atoms with van der Waals surface area (Å²) in [6, 6.07) is 23.6. The van der Waals surface area contributed by atoms with E-state index < -0.39 is 0 Å². The molecule has 8 nitrogen and oxygen atoms in total. The van der Waals surface area contributed by atoms with E-state index in [9.17, 15) is 4.79 Å². The van der Waals surface area contributed by atoms with Gasteiger partial charge in [0, 0.05) is 42.7 Å². The van der Waals surface area contributed by atoms with Gasteiger partial charge in [0.1, 0.15) is 5.75 Å². The Kier molecular flexibility index (Phi) is 5.92. The second kappa shape index (κ2) is 9.54. The number of aromatic nitrogens is 4. The van der Waals surface area contributed by atoms with E-state index in [1.54, 1.807) is 7.11 Å². The zero-order valence-corrected chi connectivity index (χ0v) is 21.0. The Bertz CT molecular complexity index is 1610. The summed E-state index contributed by atoms with van der Waals surface area (Å²) in [4.78, 5) is 22.5. The maximum Gasteiger partial charge on any atom is 0.253 e. The number of fused-ring (bicyclic) bond motifs is 3. The normalized spacial score (nSPS) is 14.2. The number of hydrogen-bond acceptors (Lipinski definition) is 6. The summed E-state index contributed by atoms with van der Waals surface area (Å²) in [5.74, 6) is 2.31. The molecule has 0 N–H and O–H groups in total. The summed E-state index contributed by atoms with van der Waals surface area (Å²) in [7, 11) is 1.66. The maximum absolute atomic E-state index is 13.2. The lowest BCUT2D eigenvalue weighted by Gasteiger charge is -2.24. The maximum atomic E-state index is 13.2. The molecule has 0 unspecified atom stereocenters. The highest BCUT2D eigenvalue weighted by Crippen LogP contribution is 2.30. The molecule has 1 amide bonds. The van der Waals surface area contributed by atoms with E-state index in [4.69, 9.17) is 9.72 Å². The van der Waals surface area contributed by atoms with Crippen molar-refractivity contribution in [1.29, 1.82) is 0 Å². The summed E-state index contributed by atoms with van der Waals surface area (Å²) >= 11 is 0. The SMILES string of the molecule is COc1cccc(-c2nnc3c4ccccc4nc(N4CCCN(C(=O)c5cccc(C)c5)CC4)n23)c1. The van der Waals surface area contributed by atoms with E-state index in [1.807, 2.05) is 89.0 Å². The number of nitrogens with zero attached hydrogens (tertiary/aromatic N) is 6. The molecule has 0 spiro atoms. The number of para-hydroxylation sites is 1. The van der Waals surface area contributed by atoms with Crippen LogP contribution in [0.5, 0.6) is 5.75 Å². The van der Waals surface area contributed by atoms with Gasteiger partial charge in [-0.05, 0) is 49.7 Å². The molecule has 3 heterocycles. The zero-order chi connectivity index (χ0) is 25.4. The molecule has 6 rings (SSSR count). The second-order valence-corrected chi connectivity index (χ2v) is 9.35. The molecule has 5 aromatic rings. The van der Waals surface area contributed by atoms with E-state index in [0.717, 1.165) is 57.9 Å². The summed E-state index contributed by atoms with van der Waals surface area (Å²) in [5.41, 5.74) is 4.35. The first-order valence-corrected chi connectivity index (χ1v) is 12.5. The van der Waals surface area contributed by atoms with Crippen LogP contribution in [0.4, 0.5) is 5.95 Å². The van der Waals surface area contributed by atoms with Crippen molar-refractivity contribution in [2.24, 2.45) is 0 Å². The van der Waals surface area contributed by atoms with Gasteiger partial charge in [-0.2, -0.15) is 0 Å². The predicted octanol–water partition coefficient (Wildman–Crippen LogP) is 4.61. The van der Waals surface area contributed by atoms with Crippen LogP contribution in [0, 0.1) is 6.92 Å². The average Bonchev–Trinajstić information content (AvgIpc) is 3.24. The van der Waals surface area contributed by atoms with E-state index in [1.165, 1.54) is 0 Å².